The molecular weight excluding hydrogens is 262 g/mol. The van der Waals surface area contributed by atoms with E-state index in [0.29, 0.717) is 11.8 Å². The highest BCUT2D eigenvalue weighted by Gasteiger charge is 2.23. The van der Waals surface area contributed by atoms with Crippen molar-refractivity contribution in [2.24, 2.45) is 0 Å². The van der Waals surface area contributed by atoms with Gasteiger partial charge in [-0.2, -0.15) is 0 Å². The van der Waals surface area contributed by atoms with Gasteiger partial charge in [0.25, 0.3) is 0 Å². The van der Waals surface area contributed by atoms with Crippen molar-refractivity contribution < 1.29 is 13.2 Å². The Bertz CT molecular complexity index is 344. The number of hydrogen-bond donors (Lipinski definition) is 1. The van der Waals surface area contributed by atoms with Gasteiger partial charge in [0.05, 0.1) is 17.6 Å². The van der Waals surface area contributed by atoms with E-state index in [1.54, 1.807) is 0 Å². The topological polar surface area (TPSA) is 55.4 Å². The SMILES string of the molecule is O=S(=O)(CCCNC1CCCCC1)CC1CCCO1. The van der Waals surface area contributed by atoms with Gasteiger partial charge in [-0.05, 0) is 38.6 Å². The molecule has 0 aromatic carbocycles. The van der Waals surface area contributed by atoms with Gasteiger partial charge in [0, 0.05) is 12.6 Å². The van der Waals surface area contributed by atoms with Crippen molar-refractivity contribution in [3.8, 4) is 0 Å². The minimum atomic E-state index is -2.93. The van der Waals surface area contributed by atoms with Crippen LogP contribution in [0.2, 0.25) is 0 Å². The Kier molecular flexibility index (Phi) is 6.10. The normalized spacial score (nSPS) is 25.8. The molecule has 0 spiro atoms. The van der Waals surface area contributed by atoms with Crippen LogP contribution in [0.5, 0.6) is 0 Å². The summed E-state index contributed by atoms with van der Waals surface area (Å²) in [6, 6.07) is 0.620. The van der Waals surface area contributed by atoms with E-state index in [-0.39, 0.29) is 11.9 Å². The maximum atomic E-state index is 11.9. The molecule has 0 radical (unpaired) electrons. The number of sulfone groups is 1. The molecule has 19 heavy (non-hydrogen) atoms. The molecule has 5 heteroatoms. The van der Waals surface area contributed by atoms with Gasteiger partial charge in [-0.25, -0.2) is 8.42 Å². The molecule has 1 aliphatic carbocycles. The highest BCUT2D eigenvalue weighted by molar-refractivity contribution is 7.91. The summed E-state index contributed by atoms with van der Waals surface area (Å²) in [4.78, 5) is 0. The van der Waals surface area contributed by atoms with E-state index in [9.17, 15) is 8.42 Å². The molecule has 0 aromatic heterocycles. The van der Waals surface area contributed by atoms with Crippen molar-refractivity contribution in [3.63, 3.8) is 0 Å². The Morgan fingerprint density at radius 2 is 1.84 bits per heavy atom. The highest BCUT2D eigenvalue weighted by Crippen LogP contribution is 2.17. The van der Waals surface area contributed by atoms with Gasteiger partial charge in [-0.3, -0.25) is 0 Å². The molecule has 1 saturated carbocycles. The number of rotatable bonds is 7. The smallest absolute Gasteiger partial charge is 0.152 e. The first kappa shape index (κ1) is 15.3. The van der Waals surface area contributed by atoms with Crippen molar-refractivity contribution in [2.75, 3.05) is 24.7 Å². The zero-order valence-electron chi connectivity index (χ0n) is 11.8. The molecule has 1 atom stereocenters. The molecule has 1 saturated heterocycles. The van der Waals surface area contributed by atoms with Crippen LogP contribution in [0, 0.1) is 0 Å². The highest BCUT2D eigenvalue weighted by atomic mass is 32.2. The third kappa shape index (κ3) is 5.79. The fraction of sp³-hybridized carbons (Fsp3) is 1.00. The average molecular weight is 289 g/mol. The van der Waals surface area contributed by atoms with Crippen molar-refractivity contribution >= 4 is 9.84 Å². The Morgan fingerprint density at radius 1 is 1.05 bits per heavy atom. The Balaban J connectivity index is 1.58. The molecule has 0 aromatic rings. The summed E-state index contributed by atoms with van der Waals surface area (Å²) in [5.41, 5.74) is 0. The predicted octanol–water partition coefficient (Wildman–Crippen LogP) is 1.89. The Hall–Kier alpha value is -0.130. The summed E-state index contributed by atoms with van der Waals surface area (Å²) < 4.78 is 29.3. The molecule has 0 bridgehead atoms. The van der Waals surface area contributed by atoms with Gasteiger partial charge in [0.2, 0.25) is 0 Å². The first-order valence-corrected chi connectivity index (χ1v) is 9.53. The van der Waals surface area contributed by atoms with Crippen molar-refractivity contribution in [1.82, 2.24) is 5.32 Å². The largest absolute Gasteiger partial charge is 0.377 e. The first-order valence-electron chi connectivity index (χ1n) is 7.71. The third-order valence-corrected chi connectivity index (χ3v) is 5.92. The van der Waals surface area contributed by atoms with E-state index in [0.717, 1.165) is 32.4 Å². The minimum Gasteiger partial charge on any atom is -0.377 e. The summed E-state index contributed by atoms with van der Waals surface area (Å²) in [5.74, 6) is 0.517. The maximum absolute atomic E-state index is 11.9. The second-order valence-electron chi connectivity index (χ2n) is 5.89. The van der Waals surface area contributed by atoms with Gasteiger partial charge < -0.3 is 10.1 Å². The molecule has 1 aliphatic heterocycles. The lowest BCUT2D eigenvalue weighted by Crippen LogP contribution is -2.33. The standard InChI is InChI=1S/C14H27NO3S/c16-19(17,12-14-8-4-10-18-14)11-5-9-15-13-6-2-1-3-7-13/h13-15H,1-12H2. The van der Waals surface area contributed by atoms with Gasteiger partial charge >= 0.3 is 0 Å². The lowest BCUT2D eigenvalue weighted by molar-refractivity contribution is 0.127. The lowest BCUT2D eigenvalue weighted by Gasteiger charge is -2.22. The van der Waals surface area contributed by atoms with Crippen LogP contribution >= 0.6 is 0 Å². The summed E-state index contributed by atoms with van der Waals surface area (Å²) in [6.45, 7) is 1.55. The lowest BCUT2D eigenvalue weighted by atomic mass is 9.95. The van der Waals surface area contributed by atoms with E-state index in [2.05, 4.69) is 5.32 Å². The van der Waals surface area contributed by atoms with Gasteiger partial charge in [-0.15, -0.1) is 0 Å². The fourth-order valence-electron chi connectivity index (χ4n) is 3.05. The quantitative estimate of drug-likeness (QED) is 0.727. The van der Waals surface area contributed by atoms with E-state index in [1.807, 2.05) is 0 Å². The minimum absolute atomic E-state index is 0.0451. The zero-order valence-corrected chi connectivity index (χ0v) is 12.6. The Labute approximate surface area is 117 Å². The number of nitrogens with one attached hydrogen (secondary N) is 1. The van der Waals surface area contributed by atoms with Crippen LogP contribution in [0.3, 0.4) is 0 Å². The van der Waals surface area contributed by atoms with Crippen LogP contribution in [0.15, 0.2) is 0 Å². The van der Waals surface area contributed by atoms with Crippen LogP contribution in [-0.2, 0) is 14.6 Å². The second kappa shape index (κ2) is 7.60. The second-order valence-corrected chi connectivity index (χ2v) is 8.12. The molecule has 4 nitrogen and oxygen atoms in total. The summed E-state index contributed by atoms with van der Waals surface area (Å²) in [7, 11) is -2.93. The van der Waals surface area contributed by atoms with E-state index >= 15 is 0 Å². The van der Waals surface area contributed by atoms with E-state index in [4.69, 9.17) is 4.74 Å². The van der Waals surface area contributed by atoms with Crippen LogP contribution in [0.4, 0.5) is 0 Å². The average Bonchev–Trinajstić information content (AvgIpc) is 2.88. The Morgan fingerprint density at radius 3 is 2.53 bits per heavy atom. The molecule has 0 amide bonds. The van der Waals surface area contributed by atoms with Crippen molar-refractivity contribution in [1.29, 1.82) is 0 Å². The molecule has 2 fully saturated rings. The predicted molar refractivity (Wildman–Crippen MR) is 77.1 cm³/mol. The molecular formula is C14H27NO3S. The maximum Gasteiger partial charge on any atom is 0.152 e. The van der Waals surface area contributed by atoms with Gasteiger partial charge in [-0.1, -0.05) is 19.3 Å². The summed E-state index contributed by atoms with van der Waals surface area (Å²) in [5, 5.41) is 3.49. The van der Waals surface area contributed by atoms with Crippen LogP contribution in [-0.4, -0.2) is 45.2 Å². The molecule has 1 N–H and O–H groups in total. The summed E-state index contributed by atoms with van der Waals surface area (Å²) >= 11 is 0. The summed E-state index contributed by atoms with van der Waals surface area (Å²) in [6.07, 6.45) is 9.08. The van der Waals surface area contributed by atoms with Crippen LogP contribution in [0.25, 0.3) is 0 Å². The number of ether oxygens (including phenoxy) is 1. The molecule has 1 unspecified atom stereocenters. The monoisotopic (exact) mass is 289 g/mol. The molecule has 2 rings (SSSR count). The van der Waals surface area contributed by atoms with Crippen LogP contribution < -0.4 is 5.32 Å². The fourth-order valence-corrected chi connectivity index (χ4v) is 4.63. The molecule has 2 aliphatic rings. The van der Waals surface area contributed by atoms with Gasteiger partial charge in [0.1, 0.15) is 0 Å². The van der Waals surface area contributed by atoms with E-state index < -0.39 is 9.84 Å². The van der Waals surface area contributed by atoms with Gasteiger partial charge in [0.15, 0.2) is 9.84 Å². The van der Waals surface area contributed by atoms with Crippen molar-refractivity contribution in [2.45, 2.75) is 63.5 Å². The third-order valence-electron chi connectivity index (χ3n) is 4.13. The van der Waals surface area contributed by atoms with E-state index in [1.165, 1.54) is 32.1 Å². The molecule has 1 heterocycles. The van der Waals surface area contributed by atoms with Crippen LogP contribution in [0.1, 0.15) is 51.4 Å². The zero-order chi connectivity index (χ0) is 13.6. The first-order chi connectivity index (χ1) is 9.16. The number of hydrogen-bond acceptors (Lipinski definition) is 4. The van der Waals surface area contributed by atoms with Crippen molar-refractivity contribution in [3.05, 3.63) is 0 Å². The molecule has 112 valence electrons.